The molecule has 2 aliphatic rings. The van der Waals surface area contributed by atoms with Crippen LogP contribution < -0.4 is 0 Å². The molecule has 1 heterocycles. The maximum absolute atomic E-state index is 12.8. The Morgan fingerprint density at radius 2 is 1.73 bits per heavy atom. The van der Waals surface area contributed by atoms with E-state index in [0.29, 0.717) is 6.42 Å². The zero-order valence-corrected chi connectivity index (χ0v) is 14.2. The Balaban J connectivity index is 1.82. The lowest BCUT2D eigenvalue weighted by Gasteiger charge is -2.27. The van der Waals surface area contributed by atoms with Gasteiger partial charge in [-0.05, 0) is 31.7 Å². The summed E-state index contributed by atoms with van der Waals surface area (Å²) in [7, 11) is -6.58. The number of benzene rings is 1. The zero-order chi connectivity index (χ0) is 16.0. The topological polar surface area (TPSA) is 71.5 Å². The van der Waals surface area contributed by atoms with Crippen molar-refractivity contribution in [3.05, 3.63) is 35.4 Å². The summed E-state index contributed by atoms with van der Waals surface area (Å²) < 4.78 is 50.5. The molecule has 1 aromatic rings. The Morgan fingerprint density at radius 3 is 2.23 bits per heavy atom. The second-order valence-electron chi connectivity index (χ2n) is 6.36. The van der Waals surface area contributed by atoms with E-state index >= 15 is 0 Å². The van der Waals surface area contributed by atoms with Crippen LogP contribution in [0.3, 0.4) is 0 Å². The molecule has 0 bridgehead atoms. The van der Waals surface area contributed by atoms with Crippen LogP contribution in [0.5, 0.6) is 0 Å². The van der Waals surface area contributed by atoms with Gasteiger partial charge < -0.3 is 0 Å². The quantitative estimate of drug-likeness (QED) is 0.812. The molecule has 7 heteroatoms. The second-order valence-corrected chi connectivity index (χ2v) is 10.5. The number of sulfone groups is 1. The standard InChI is InChI=1S/C15H21NO4S2/c1-12-2-4-13(5-3-12)10-22(19,20)16(14-6-7-14)15-8-9-21(17,18)11-15/h2-5,14-15H,6-11H2,1H3. The van der Waals surface area contributed by atoms with E-state index in [0.717, 1.165) is 24.0 Å². The van der Waals surface area contributed by atoms with Crippen molar-refractivity contribution in [3.8, 4) is 0 Å². The Kier molecular flexibility index (Phi) is 4.07. The molecule has 0 N–H and O–H groups in total. The first-order valence-corrected chi connectivity index (χ1v) is 11.0. The summed E-state index contributed by atoms with van der Waals surface area (Å²) in [4.78, 5) is 0. The van der Waals surface area contributed by atoms with Crippen molar-refractivity contribution in [1.82, 2.24) is 4.31 Å². The molecule has 1 aliphatic carbocycles. The largest absolute Gasteiger partial charge is 0.229 e. The first kappa shape index (κ1) is 16.0. The molecule has 0 aromatic heterocycles. The van der Waals surface area contributed by atoms with E-state index in [-0.39, 0.29) is 29.3 Å². The molecular formula is C15H21NO4S2. The molecule has 0 amide bonds. The Labute approximate surface area is 132 Å². The fourth-order valence-electron chi connectivity index (χ4n) is 3.03. The van der Waals surface area contributed by atoms with Crippen LogP contribution in [-0.2, 0) is 25.6 Å². The summed E-state index contributed by atoms with van der Waals surface area (Å²) in [5.41, 5.74) is 1.83. The highest BCUT2D eigenvalue weighted by molar-refractivity contribution is 7.92. The number of aryl methyl sites for hydroxylation is 1. The minimum atomic E-state index is -3.49. The summed E-state index contributed by atoms with van der Waals surface area (Å²) in [6.45, 7) is 1.96. The fraction of sp³-hybridized carbons (Fsp3) is 0.600. The lowest BCUT2D eigenvalue weighted by atomic mass is 10.2. The predicted octanol–water partition coefficient (Wildman–Crippen LogP) is 1.48. The van der Waals surface area contributed by atoms with Crippen molar-refractivity contribution in [3.63, 3.8) is 0 Å². The molecule has 1 saturated carbocycles. The average molecular weight is 343 g/mol. The molecule has 1 saturated heterocycles. The molecule has 3 rings (SSSR count). The van der Waals surface area contributed by atoms with Gasteiger partial charge in [0.1, 0.15) is 0 Å². The van der Waals surface area contributed by atoms with E-state index < -0.39 is 19.9 Å². The second kappa shape index (κ2) is 5.62. The smallest absolute Gasteiger partial charge is 0.218 e. The molecule has 122 valence electrons. The fourth-order valence-corrected chi connectivity index (χ4v) is 6.89. The van der Waals surface area contributed by atoms with Gasteiger partial charge in [0, 0.05) is 12.1 Å². The van der Waals surface area contributed by atoms with Gasteiger partial charge in [-0.2, -0.15) is 4.31 Å². The number of sulfonamides is 1. The summed E-state index contributed by atoms with van der Waals surface area (Å²) >= 11 is 0. The predicted molar refractivity (Wildman–Crippen MR) is 85.7 cm³/mol. The van der Waals surface area contributed by atoms with Gasteiger partial charge in [-0.1, -0.05) is 29.8 Å². The SMILES string of the molecule is Cc1ccc(CS(=O)(=O)N(C2CC2)C2CCS(=O)(=O)C2)cc1. The summed E-state index contributed by atoms with van der Waals surface area (Å²) in [5, 5.41) is 0. The van der Waals surface area contributed by atoms with Crippen LogP contribution in [0.1, 0.15) is 30.4 Å². The highest BCUT2D eigenvalue weighted by Crippen LogP contribution is 2.35. The van der Waals surface area contributed by atoms with E-state index in [4.69, 9.17) is 0 Å². The summed E-state index contributed by atoms with van der Waals surface area (Å²) in [6, 6.07) is 7.05. The van der Waals surface area contributed by atoms with E-state index in [9.17, 15) is 16.8 Å². The van der Waals surface area contributed by atoms with Gasteiger partial charge in [0.15, 0.2) is 9.84 Å². The zero-order valence-electron chi connectivity index (χ0n) is 12.6. The lowest BCUT2D eigenvalue weighted by Crippen LogP contribution is -2.43. The van der Waals surface area contributed by atoms with E-state index in [1.807, 2.05) is 31.2 Å². The third-order valence-electron chi connectivity index (χ3n) is 4.27. The van der Waals surface area contributed by atoms with Crippen LogP contribution in [-0.4, -0.2) is 44.7 Å². The van der Waals surface area contributed by atoms with Crippen LogP contribution in [0, 0.1) is 6.92 Å². The van der Waals surface area contributed by atoms with Crippen molar-refractivity contribution in [1.29, 1.82) is 0 Å². The van der Waals surface area contributed by atoms with Gasteiger partial charge >= 0.3 is 0 Å². The van der Waals surface area contributed by atoms with Gasteiger partial charge in [-0.15, -0.1) is 0 Å². The third kappa shape index (κ3) is 3.52. The van der Waals surface area contributed by atoms with Crippen LogP contribution in [0.25, 0.3) is 0 Å². The molecule has 1 unspecified atom stereocenters. The molecule has 0 radical (unpaired) electrons. The number of nitrogens with zero attached hydrogens (tertiary/aromatic N) is 1. The van der Waals surface area contributed by atoms with Crippen LogP contribution in [0.2, 0.25) is 0 Å². The van der Waals surface area contributed by atoms with Crippen molar-refractivity contribution in [2.24, 2.45) is 0 Å². The minimum absolute atomic E-state index is 0.00579. The molecule has 1 aliphatic heterocycles. The van der Waals surface area contributed by atoms with Gasteiger partial charge in [-0.3, -0.25) is 0 Å². The molecule has 1 atom stereocenters. The van der Waals surface area contributed by atoms with Crippen molar-refractivity contribution < 1.29 is 16.8 Å². The molecule has 2 fully saturated rings. The third-order valence-corrected chi connectivity index (χ3v) is 7.95. The maximum Gasteiger partial charge on any atom is 0.218 e. The minimum Gasteiger partial charge on any atom is -0.229 e. The van der Waals surface area contributed by atoms with Crippen LogP contribution in [0.15, 0.2) is 24.3 Å². The van der Waals surface area contributed by atoms with Crippen molar-refractivity contribution in [2.45, 2.75) is 44.0 Å². The Bertz CT molecular complexity index is 749. The highest BCUT2D eigenvalue weighted by atomic mass is 32.2. The molecule has 5 nitrogen and oxygen atoms in total. The van der Waals surface area contributed by atoms with Crippen molar-refractivity contribution >= 4 is 19.9 Å². The summed E-state index contributed by atoms with van der Waals surface area (Å²) in [5.74, 6) is 0.0118. The van der Waals surface area contributed by atoms with Gasteiger partial charge in [0.05, 0.1) is 17.3 Å². The average Bonchev–Trinajstić information content (AvgIpc) is 3.16. The first-order valence-electron chi connectivity index (χ1n) is 7.54. The number of hydrogen-bond donors (Lipinski definition) is 0. The number of hydrogen-bond acceptors (Lipinski definition) is 4. The van der Waals surface area contributed by atoms with E-state index in [1.165, 1.54) is 4.31 Å². The van der Waals surface area contributed by atoms with Crippen molar-refractivity contribution in [2.75, 3.05) is 11.5 Å². The Hall–Kier alpha value is -0.920. The number of rotatable bonds is 5. The molecule has 1 aromatic carbocycles. The van der Waals surface area contributed by atoms with Gasteiger partial charge in [0.2, 0.25) is 10.0 Å². The monoisotopic (exact) mass is 343 g/mol. The van der Waals surface area contributed by atoms with Crippen LogP contribution in [0.4, 0.5) is 0 Å². The van der Waals surface area contributed by atoms with E-state index in [2.05, 4.69) is 0 Å². The van der Waals surface area contributed by atoms with Gasteiger partial charge in [0.25, 0.3) is 0 Å². The van der Waals surface area contributed by atoms with E-state index in [1.54, 1.807) is 0 Å². The molecule has 22 heavy (non-hydrogen) atoms. The first-order chi connectivity index (χ1) is 10.3. The normalized spacial score (nSPS) is 24.7. The Morgan fingerprint density at radius 1 is 1.09 bits per heavy atom. The summed E-state index contributed by atoms with van der Waals surface area (Å²) in [6.07, 6.45) is 2.10. The lowest BCUT2D eigenvalue weighted by molar-refractivity contribution is 0.332. The molecule has 0 spiro atoms. The maximum atomic E-state index is 12.8. The highest BCUT2D eigenvalue weighted by Gasteiger charge is 2.45. The van der Waals surface area contributed by atoms with Crippen LogP contribution >= 0.6 is 0 Å². The molecular weight excluding hydrogens is 322 g/mol. The van der Waals surface area contributed by atoms with Gasteiger partial charge in [-0.25, -0.2) is 16.8 Å².